The van der Waals surface area contributed by atoms with Crippen LogP contribution < -0.4 is 0 Å². The van der Waals surface area contributed by atoms with E-state index < -0.39 is 0 Å². The van der Waals surface area contributed by atoms with Crippen molar-refractivity contribution in [2.45, 2.75) is 20.8 Å². The molecule has 0 rings (SSSR count). The number of rotatable bonds is 4. The predicted molar refractivity (Wildman–Crippen MR) is 42.7 cm³/mol. The maximum absolute atomic E-state index is 10.0. The van der Waals surface area contributed by atoms with Gasteiger partial charge >= 0.3 is 0 Å². The minimum absolute atomic E-state index is 0.827. The topological polar surface area (TPSA) is 20.3 Å². The number of carbonyl (C=O) groups excluding carboxylic acids is 1. The molecule has 0 aliphatic heterocycles. The fraction of sp³-hybridized carbons (Fsp3) is 0.625. The largest absolute Gasteiger partial charge is 0.376 e. The van der Waals surface area contributed by atoms with Crippen molar-refractivity contribution in [1.29, 1.82) is 0 Å². The molecule has 0 aliphatic rings. The molecule has 0 saturated heterocycles. The third-order valence-corrected chi connectivity index (χ3v) is 1.57. The van der Waals surface area contributed by atoms with Gasteiger partial charge in [0, 0.05) is 18.8 Å². The lowest BCUT2D eigenvalue weighted by Crippen LogP contribution is -2.20. The first-order chi connectivity index (χ1) is 4.76. The van der Waals surface area contributed by atoms with Gasteiger partial charge < -0.3 is 4.90 Å². The Morgan fingerprint density at radius 2 is 1.90 bits per heavy atom. The molecule has 10 heavy (non-hydrogen) atoms. The van der Waals surface area contributed by atoms with Crippen LogP contribution in [0.4, 0.5) is 0 Å². The standard InChI is InChI=1S/C8H15NO/c1-4-9(5-2)8(3)6-7-10/h6-7H,4-5H2,1-3H3/b8-6-. The summed E-state index contributed by atoms with van der Waals surface area (Å²) in [5.41, 5.74) is 1.04. The van der Waals surface area contributed by atoms with E-state index in [1.807, 2.05) is 6.92 Å². The van der Waals surface area contributed by atoms with Gasteiger partial charge in [-0.05, 0) is 26.8 Å². The molecule has 0 fully saturated rings. The second-order valence-corrected chi connectivity index (χ2v) is 2.12. The van der Waals surface area contributed by atoms with E-state index in [2.05, 4.69) is 18.7 Å². The Kier molecular flexibility index (Phi) is 4.63. The van der Waals surface area contributed by atoms with Gasteiger partial charge in [-0.15, -0.1) is 0 Å². The lowest BCUT2D eigenvalue weighted by atomic mass is 10.4. The lowest BCUT2D eigenvalue weighted by molar-refractivity contribution is -0.104. The summed E-state index contributed by atoms with van der Waals surface area (Å²) in [4.78, 5) is 12.2. The van der Waals surface area contributed by atoms with Crippen LogP contribution >= 0.6 is 0 Å². The summed E-state index contributed by atoms with van der Waals surface area (Å²) in [5.74, 6) is 0. The number of aldehydes is 1. The highest BCUT2D eigenvalue weighted by molar-refractivity contribution is 5.65. The molecule has 0 heterocycles. The van der Waals surface area contributed by atoms with Gasteiger partial charge in [-0.25, -0.2) is 0 Å². The predicted octanol–water partition coefficient (Wildman–Crippen LogP) is 1.43. The third-order valence-electron chi connectivity index (χ3n) is 1.57. The van der Waals surface area contributed by atoms with Crippen LogP contribution in [0.25, 0.3) is 0 Å². The molecule has 58 valence electrons. The van der Waals surface area contributed by atoms with E-state index in [0.29, 0.717) is 0 Å². The van der Waals surface area contributed by atoms with Gasteiger partial charge in [-0.1, -0.05) is 0 Å². The fourth-order valence-corrected chi connectivity index (χ4v) is 0.926. The Labute approximate surface area is 62.5 Å². The van der Waals surface area contributed by atoms with Crippen LogP contribution in [0.1, 0.15) is 20.8 Å². The molecule has 0 radical (unpaired) electrons. The van der Waals surface area contributed by atoms with Gasteiger partial charge in [0.25, 0.3) is 0 Å². The van der Waals surface area contributed by atoms with Crippen molar-refractivity contribution in [2.24, 2.45) is 0 Å². The van der Waals surface area contributed by atoms with Gasteiger partial charge in [0.1, 0.15) is 6.29 Å². The van der Waals surface area contributed by atoms with Crippen molar-refractivity contribution >= 4 is 6.29 Å². The number of carbonyl (C=O) groups is 1. The molecule has 0 N–H and O–H groups in total. The lowest BCUT2D eigenvalue weighted by Gasteiger charge is -2.20. The van der Waals surface area contributed by atoms with Crippen LogP contribution in [0.5, 0.6) is 0 Å². The Morgan fingerprint density at radius 1 is 1.40 bits per heavy atom. The van der Waals surface area contributed by atoms with Crippen molar-refractivity contribution in [2.75, 3.05) is 13.1 Å². The zero-order valence-electron chi connectivity index (χ0n) is 6.92. The van der Waals surface area contributed by atoms with Crippen LogP contribution in [0, 0.1) is 0 Å². The summed E-state index contributed by atoms with van der Waals surface area (Å²) in [5, 5.41) is 0. The van der Waals surface area contributed by atoms with Crippen molar-refractivity contribution in [3.8, 4) is 0 Å². The SMILES string of the molecule is CCN(CC)/C(C)=C\C=O. The van der Waals surface area contributed by atoms with Gasteiger partial charge in [0.2, 0.25) is 0 Å². The highest BCUT2D eigenvalue weighted by Crippen LogP contribution is 1.99. The molecular weight excluding hydrogens is 126 g/mol. The molecule has 0 spiro atoms. The number of allylic oxidation sites excluding steroid dienone is 2. The molecule has 0 unspecified atom stereocenters. The van der Waals surface area contributed by atoms with Crippen molar-refractivity contribution < 1.29 is 4.79 Å². The minimum Gasteiger partial charge on any atom is -0.376 e. The molecule has 0 aromatic carbocycles. The summed E-state index contributed by atoms with van der Waals surface area (Å²) in [6.45, 7) is 8.03. The smallest absolute Gasteiger partial charge is 0.144 e. The molecule has 0 saturated carbocycles. The molecule has 0 bridgehead atoms. The number of nitrogens with zero attached hydrogens (tertiary/aromatic N) is 1. The van der Waals surface area contributed by atoms with E-state index in [-0.39, 0.29) is 0 Å². The van der Waals surface area contributed by atoms with E-state index in [1.165, 1.54) is 0 Å². The molecule has 0 aromatic rings. The van der Waals surface area contributed by atoms with E-state index in [9.17, 15) is 4.79 Å². The van der Waals surface area contributed by atoms with E-state index >= 15 is 0 Å². The van der Waals surface area contributed by atoms with Gasteiger partial charge in [0.15, 0.2) is 0 Å². The van der Waals surface area contributed by atoms with Gasteiger partial charge in [-0.2, -0.15) is 0 Å². The van der Waals surface area contributed by atoms with Crippen molar-refractivity contribution in [3.05, 3.63) is 11.8 Å². The number of hydrogen-bond acceptors (Lipinski definition) is 2. The Hall–Kier alpha value is -0.790. The van der Waals surface area contributed by atoms with E-state index in [0.717, 1.165) is 25.1 Å². The zero-order chi connectivity index (χ0) is 7.98. The molecular formula is C8H15NO. The summed E-state index contributed by atoms with van der Waals surface area (Å²) in [6.07, 6.45) is 2.42. The van der Waals surface area contributed by atoms with Gasteiger partial charge in [0.05, 0.1) is 0 Å². The highest BCUT2D eigenvalue weighted by Gasteiger charge is 1.96. The normalized spacial score (nSPS) is 11.3. The monoisotopic (exact) mass is 141 g/mol. The average molecular weight is 141 g/mol. The second-order valence-electron chi connectivity index (χ2n) is 2.12. The second kappa shape index (κ2) is 5.03. The molecule has 2 nitrogen and oxygen atoms in total. The van der Waals surface area contributed by atoms with Gasteiger partial charge in [-0.3, -0.25) is 4.79 Å². The van der Waals surface area contributed by atoms with Crippen LogP contribution in [0.15, 0.2) is 11.8 Å². The molecule has 0 amide bonds. The molecule has 2 heteroatoms. The Bertz CT molecular complexity index is 125. The highest BCUT2D eigenvalue weighted by atomic mass is 16.1. The first-order valence-corrected chi connectivity index (χ1v) is 3.63. The van der Waals surface area contributed by atoms with Crippen molar-refractivity contribution in [3.63, 3.8) is 0 Å². The summed E-state index contributed by atoms with van der Waals surface area (Å²) in [7, 11) is 0. The Morgan fingerprint density at radius 3 is 2.20 bits per heavy atom. The first kappa shape index (κ1) is 9.21. The molecule has 0 atom stereocenters. The summed E-state index contributed by atoms with van der Waals surface area (Å²) in [6, 6.07) is 0. The molecule has 0 aromatic heterocycles. The summed E-state index contributed by atoms with van der Waals surface area (Å²) >= 11 is 0. The maximum Gasteiger partial charge on any atom is 0.144 e. The van der Waals surface area contributed by atoms with E-state index in [1.54, 1.807) is 6.08 Å². The third kappa shape index (κ3) is 2.67. The average Bonchev–Trinajstić information content (AvgIpc) is 1.91. The van der Waals surface area contributed by atoms with Crippen LogP contribution in [0.3, 0.4) is 0 Å². The fourth-order valence-electron chi connectivity index (χ4n) is 0.926. The van der Waals surface area contributed by atoms with Crippen molar-refractivity contribution in [1.82, 2.24) is 4.90 Å². The maximum atomic E-state index is 10.0. The van der Waals surface area contributed by atoms with Crippen LogP contribution in [0.2, 0.25) is 0 Å². The first-order valence-electron chi connectivity index (χ1n) is 3.63. The Balaban J connectivity index is 3.99. The zero-order valence-corrected chi connectivity index (χ0v) is 6.92. The summed E-state index contributed by atoms with van der Waals surface area (Å²) < 4.78 is 0. The number of hydrogen-bond donors (Lipinski definition) is 0. The van der Waals surface area contributed by atoms with Crippen LogP contribution in [-0.4, -0.2) is 24.3 Å². The molecule has 0 aliphatic carbocycles. The minimum atomic E-state index is 0.827. The quantitative estimate of drug-likeness (QED) is 0.436. The van der Waals surface area contributed by atoms with E-state index in [4.69, 9.17) is 0 Å². The van der Waals surface area contributed by atoms with Crippen LogP contribution in [-0.2, 0) is 4.79 Å².